The van der Waals surface area contributed by atoms with Crippen LogP contribution >= 0.6 is 21.6 Å². The molecule has 3 nitrogen and oxygen atoms in total. The van der Waals surface area contributed by atoms with Crippen molar-refractivity contribution in [1.29, 1.82) is 0 Å². The SMILES string of the molecule is CC/C=C\C/C=C\C/C=C\C/C=C\C/C=C\C/C=C\CCC(=O)CCCSSCCNC(=O)CCC. The van der Waals surface area contributed by atoms with Gasteiger partial charge in [-0.25, -0.2) is 0 Å². The summed E-state index contributed by atoms with van der Waals surface area (Å²) in [6.07, 6.45) is 36.9. The third kappa shape index (κ3) is 28.5. The molecule has 0 aliphatic heterocycles. The molecule has 0 aromatic heterocycles. The number of rotatable bonds is 24. The van der Waals surface area contributed by atoms with Crippen molar-refractivity contribution in [3.8, 4) is 0 Å². The molecule has 0 saturated carbocycles. The number of hydrogen-bond acceptors (Lipinski definition) is 4. The van der Waals surface area contributed by atoms with Crippen LogP contribution in [0.3, 0.4) is 0 Å². The molecule has 1 N–H and O–H groups in total. The van der Waals surface area contributed by atoms with Gasteiger partial charge in [0.25, 0.3) is 0 Å². The normalized spacial score (nSPS) is 12.5. The van der Waals surface area contributed by atoms with E-state index in [9.17, 15) is 9.59 Å². The summed E-state index contributed by atoms with van der Waals surface area (Å²) < 4.78 is 0. The lowest BCUT2D eigenvalue weighted by Crippen LogP contribution is -2.24. The summed E-state index contributed by atoms with van der Waals surface area (Å²) in [5.41, 5.74) is 0. The van der Waals surface area contributed by atoms with Crippen molar-refractivity contribution in [3.05, 3.63) is 72.9 Å². The molecule has 0 aromatic rings. The van der Waals surface area contributed by atoms with Gasteiger partial charge in [-0.05, 0) is 57.8 Å². The fourth-order valence-corrected chi connectivity index (χ4v) is 5.00. The Balaban J connectivity index is 3.52. The molecule has 0 spiro atoms. The van der Waals surface area contributed by atoms with E-state index in [1.807, 2.05) is 6.92 Å². The Kier molecular flexibility index (Phi) is 28.1. The number of nitrogens with one attached hydrogen (secondary N) is 1. The summed E-state index contributed by atoms with van der Waals surface area (Å²) in [5.74, 6) is 2.39. The molecule has 0 saturated heterocycles. The van der Waals surface area contributed by atoms with Crippen LogP contribution in [0.15, 0.2) is 72.9 Å². The van der Waals surface area contributed by atoms with E-state index in [0.29, 0.717) is 25.0 Å². The predicted octanol–water partition coefficient (Wildman–Crippen LogP) is 9.11. The summed E-state index contributed by atoms with van der Waals surface area (Å²) in [6, 6.07) is 0. The van der Waals surface area contributed by atoms with Crippen LogP contribution in [-0.4, -0.2) is 29.7 Å². The fourth-order valence-electron chi connectivity index (χ4n) is 3.00. The monoisotopic (exact) mass is 531 g/mol. The average Bonchev–Trinajstić information content (AvgIpc) is 2.87. The van der Waals surface area contributed by atoms with Crippen LogP contribution in [0.25, 0.3) is 0 Å². The van der Waals surface area contributed by atoms with Crippen LogP contribution in [0.2, 0.25) is 0 Å². The van der Waals surface area contributed by atoms with Crippen molar-refractivity contribution in [2.24, 2.45) is 0 Å². The molecule has 202 valence electrons. The molecule has 0 radical (unpaired) electrons. The second-order valence-electron chi connectivity index (χ2n) is 8.34. The molecule has 36 heavy (non-hydrogen) atoms. The Bertz CT molecular complexity index is 705. The first-order valence-electron chi connectivity index (χ1n) is 13.6. The third-order valence-corrected chi connectivity index (χ3v) is 7.43. The number of ketones is 1. The number of carbonyl (C=O) groups is 2. The Hall–Kier alpha value is -1.72. The van der Waals surface area contributed by atoms with Crippen LogP contribution in [0.1, 0.15) is 90.9 Å². The largest absolute Gasteiger partial charge is 0.355 e. The number of allylic oxidation sites excluding steroid dienone is 12. The van der Waals surface area contributed by atoms with Crippen molar-refractivity contribution in [1.82, 2.24) is 5.32 Å². The fraction of sp³-hybridized carbons (Fsp3) is 0.548. The lowest BCUT2D eigenvalue weighted by Gasteiger charge is -2.04. The first kappa shape index (κ1) is 34.3. The van der Waals surface area contributed by atoms with E-state index in [1.54, 1.807) is 21.6 Å². The van der Waals surface area contributed by atoms with E-state index in [1.165, 1.54) is 0 Å². The first-order chi connectivity index (χ1) is 17.7. The molecule has 0 bridgehead atoms. The van der Waals surface area contributed by atoms with E-state index in [-0.39, 0.29) is 5.91 Å². The van der Waals surface area contributed by atoms with Crippen molar-refractivity contribution in [3.63, 3.8) is 0 Å². The summed E-state index contributed by atoms with van der Waals surface area (Å²) in [7, 11) is 3.56. The van der Waals surface area contributed by atoms with Gasteiger partial charge in [-0.3, -0.25) is 9.59 Å². The number of hydrogen-bond donors (Lipinski definition) is 1. The van der Waals surface area contributed by atoms with Gasteiger partial charge in [0.1, 0.15) is 5.78 Å². The molecule has 0 heterocycles. The second-order valence-corrected chi connectivity index (χ2v) is 11.0. The molecule has 5 heteroatoms. The molecule has 0 aliphatic rings. The minimum absolute atomic E-state index is 0.139. The van der Waals surface area contributed by atoms with Crippen LogP contribution in [0.4, 0.5) is 0 Å². The van der Waals surface area contributed by atoms with Gasteiger partial charge in [0.2, 0.25) is 5.91 Å². The van der Waals surface area contributed by atoms with Gasteiger partial charge in [-0.15, -0.1) is 0 Å². The third-order valence-electron chi connectivity index (χ3n) is 4.94. The lowest BCUT2D eigenvalue weighted by atomic mass is 10.1. The summed E-state index contributed by atoms with van der Waals surface area (Å²) in [5, 5.41) is 2.91. The maximum Gasteiger partial charge on any atom is 0.220 e. The topological polar surface area (TPSA) is 46.2 Å². The second kappa shape index (κ2) is 29.5. The van der Waals surface area contributed by atoms with Crippen LogP contribution < -0.4 is 5.32 Å². The summed E-state index contributed by atoms with van der Waals surface area (Å²) in [4.78, 5) is 23.3. The smallest absolute Gasteiger partial charge is 0.220 e. The standard InChI is InChI=1S/C31H49NO2S2/c1-3-5-6-7-8-9-10-11-12-13-14-15-16-17-18-19-20-21-22-25-30(33)26-23-28-35-36-29-27-32-31(34)24-4-2/h5-6,8-9,11-12,14-15,17-18,20-21H,3-4,7,10,13,16,19,22-29H2,1-2H3,(H,32,34)/b6-5-,9-8-,12-11-,15-14-,18-17-,21-20-. The van der Waals surface area contributed by atoms with Gasteiger partial charge < -0.3 is 5.32 Å². The van der Waals surface area contributed by atoms with Crippen molar-refractivity contribution >= 4 is 33.3 Å². The Morgan fingerprint density at radius 3 is 1.64 bits per heavy atom. The molecular formula is C31H49NO2S2. The zero-order valence-electron chi connectivity index (χ0n) is 22.7. The highest BCUT2D eigenvalue weighted by Crippen LogP contribution is 2.22. The predicted molar refractivity (Wildman–Crippen MR) is 165 cm³/mol. The lowest BCUT2D eigenvalue weighted by molar-refractivity contribution is -0.121. The van der Waals surface area contributed by atoms with Gasteiger partial charge in [0, 0.05) is 37.3 Å². The zero-order chi connectivity index (χ0) is 26.4. The molecule has 0 unspecified atom stereocenters. The maximum atomic E-state index is 12.0. The summed E-state index contributed by atoms with van der Waals surface area (Å²) in [6.45, 7) is 4.89. The van der Waals surface area contributed by atoms with Gasteiger partial charge in [0.05, 0.1) is 0 Å². The van der Waals surface area contributed by atoms with Crippen molar-refractivity contribution in [2.75, 3.05) is 18.1 Å². The van der Waals surface area contributed by atoms with Gasteiger partial charge in [-0.1, -0.05) is 108 Å². The quantitative estimate of drug-likeness (QED) is 0.0766. The Morgan fingerprint density at radius 2 is 1.11 bits per heavy atom. The summed E-state index contributed by atoms with van der Waals surface area (Å²) >= 11 is 0. The van der Waals surface area contributed by atoms with Gasteiger partial charge >= 0.3 is 0 Å². The molecule has 0 rings (SSSR count). The number of carbonyl (C=O) groups excluding carboxylic acids is 2. The maximum absolute atomic E-state index is 12.0. The van der Waals surface area contributed by atoms with Gasteiger partial charge in [0.15, 0.2) is 0 Å². The van der Waals surface area contributed by atoms with Crippen LogP contribution in [-0.2, 0) is 9.59 Å². The Morgan fingerprint density at radius 1 is 0.611 bits per heavy atom. The van der Waals surface area contributed by atoms with E-state index in [0.717, 1.165) is 75.8 Å². The minimum Gasteiger partial charge on any atom is -0.355 e. The van der Waals surface area contributed by atoms with Crippen molar-refractivity contribution < 1.29 is 9.59 Å². The van der Waals surface area contributed by atoms with E-state index >= 15 is 0 Å². The number of amides is 1. The van der Waals surface area contributed by atoms with Crippen LogP contribution in [0, 0.1) is 0 Å². The highest BCUT2D eigenvalue weighted by molar-refractivity contribution is 8.76. The highest BCUT2D eigenvalue weighted by atomic mass is 33.1. The molecule has 0 aromatic carbocycles. The Labute approximate surface area is 229 Å². The molecule has 0 fully saturated rings. The number of Topliss-reactive ketones (excluding diaryl/α,β-unsaturated/α-hetero) is 1. The van der Waals surface area contributed by atoms with Crippen molar-refractivity contribution in [2.45, 2.75) is 90.9 Å². The molecular weight excluding hydrogens is 482 g/mol. The first-order valence-corrected chi connectivity index (χ1v) is 16.1. The van der Waals surface area contributed by atoms with E-state index < -0.39 is 0 Å². The van der Waals surface area contributed by atoms with E-state index in [2.05, 4.69) is 85.2 Å². The van der Waals surface area contributed by atoms with Gasteiger partial charge in [-0.2, -0.15) is 0 Å². The average molecular weight is 532 g/mol. The van der Waals surface area contributed by atoms with E-state index in [4.69, 9.17) is 0 Å². The zero-order valence-corrected chi connectivity index (χ0v) is 24.3. The molecule has 0 atom stereocenters. The minimum atomic E-state index is 0.139. The van der Waals surface area contributed by atoms with Crippen LogP contribution in [0.5, 0.6) is 0 Å². The molecule has 1 amide bonds. The highest BCUT2D eigenvalue weighted by Gasteiger charge is 2.01. The molecule has 0 aliphatic carbocycles.